The highest BCUT2D eigenvalue weighted by atomic mass is 16.3. The van der Waals surface area contributed by atoms with E-state index < -0.39 is 0 Å². The zero-order valence-corrected chi connectivity index (χ0v) is 43.2. The Morgan fingerprint density at radius 3 is 1.90 bits per heavy atom. The fourth-order valence-corrected chi connectivity index (χ4v) is 11.8. The van der Waals surface area contributed by atoms with Gasteiger partial charge in [0.05, 0.1) is 5.69 Å². The minimum Gasteiger partial charge on any atom is -0.455 e. The number of nitrogens with one attached hydrogen (secondary N) is 1. The summed E-state index contributed by atoms with van der Waals surface area (Å²) in [6.07, 6.45) is 0. The van der Waals surface area contributed by atoms with Crippen molar-refractivity contribution in [2.45, 2.75) is 78.6 Å². The topological polar surface area (TPSA) is 41.6 Å². The van der Waals surface area contributed by atoms with Crippen LogP contribution in [0.15, 0.2) is 191 Å². The molecule has 11 aromatic rings. The van der Waals surface area contributed by atoms with Crippen LogP contribution in [0.2, 0.25) is 0 Å². The number of nitrogens with zero attached hydrogens (tertiary/aromatic N) is 1. The van der Waals surface area contributed by atoms with Gasteiger partial charge in [-0.05, 0) is 128 Å². The van der Waals surface area contributed by atoms with Gasteiger partial charge in [-0.25, -0.2) is 0 Å². The minimum absolute atomic E-state index is 0.0335. The summed E-state index contributed by atoms with van der Waals surface area (Å²) in [6, 6.07) is 66.6. The van der Waals surface area contributed by atoms with E-state index in [2.05, 4.69) is 262 Å². The molecule has 355 valence electrons. The molecule has 0 atom stereocenters. The van der Waals surface area contributed by atoms with Crippen molar-refractivity contribution in [1.29, 1.82) is 0 Å². The van der Waals surface area contributed by atoms with Gasteiger partial charge in [-0.15, -0.1) is 0 Å². The van der Waals surface area contributed by atoms with Gasteiger partial charge in [0.25, 0.3) is 0 Å². The van der Waals surface area contributed by atoms with E-state index in [-0.39, 0.29) is 16.2 Å². The van der Waals surface area contributed by atoms with E-state index in [1.807, 2.05) is 0 Å². The molecule has 0 spiro atoms. The average molecular weight is 946 g/mol. The molecule has 0 bridgehead atoms. The molecule has 0 unspecified atom stereocenters. The van der Waals surface area contributed by atoms with Crippen LogP contribution in [-0.2, 0) is 16.2 Å². The fourth-order valence-electron chi connectivity index (χ4n) is 11.8. The second-order valence-corrected chi connectivity index (χ2v) is 22.9. The van der Waals surface area contributed by atoms with Crippen molar-refractivity contribution < 1.29 is 8.83 Å². The summed E-state index contributed by atoms with van der Waals surface area (Å²) in [5.41, 5.74) is 24.1. The molecule has 1 aliphatic heterocycles. The number of fused-ring (bicyclic) bond motifs is 10. The molecule has 3 heterocycles. The van der Waals surface area contributed by atoms with Gasteiger partial charge < -0.3 is 19.1 Å². The standard InChI is InChI=1S/C68H58BN2O2/c1-40-34-44(67(5,6)7)30-33-57(40)71-58-37-52-60(73-64(42-22-14-11-15-23-42)61(52)41-20-12-10-13-21-41)39-55(58)69-62-50(36-51-47-25-17-19-27-59(47)72-65(51)63(62)71)49-35-48-46-24-16-18-26-53(46)68(8,9)54(48)38-56(49)70-45-31-28-43(29-32-45)66(2,3)4/h10-39,70H,1-9H3. The van der Waals surface area contributed by atoms with Gasteiger partial charge in [-0.2, -0.15) is 0 Å². The van der Waals surface area contributed by atoms with Crippen molar-refractivity contribution >= 4 is 79.5 Å². The lowest BCUT2D eigenvalue weighted by Gasteiger charge is -2.36. The third-order valence-corrected chi connectivity index (χ3v) is 15.7. The molecule has 73 heavy (non-hydrogen) atoms. The van der Waals surface area contributed by atoms with E-state index in [1.54, 1.807) is 0 Å². The SMILES string of the molecule is Cc1cc(C(C)(C)C)ccc1N1c2cc3c(-c4ccccc4)c(-c4ccccc4)oc3cc2[B]c2c(-c3cc4c(cc3Nc3ccc(C(C)(C)C)cc3)C(C)(C)c3ccccc3-4)cc3c(oc4ccccc43)c21. The minimum atomic E-state index is -0.203. The monoisotopic (exact) mass is 945 g/mol. The molecule has 0 saturated carbocycles. The Morgan fingerprint density at radius 1 is 0.507 bits per heavy atom. The Morgan fingerprint density at radius 2 is 1.18 bits per heavy atom. The van der Waals surface area contributed by atoms with Crippen molar-refractivity contribution in [3.05, 3.63) is 210 Å². The molecule has 1 radical (unpaired) electrons. The first kappa shape index (κ1) is 44.9. The number of hydrogen-bond donors (Lipinski definition) is 1. The summed E-state index contributed by atoms with van der Waals surface area (Å²) in [5.74, 6) is 0.854. The van der Waals surface area contributed by atoms with Gasteiger partial charge in [-0.1, -0.05) is 188 Å². The summed E-state index contributed by atoms with van der Waals surface area (Å²) < 4.78 is 14.3. The van der Waals surface area contributed by atoms with Crippen molar-refractivity contribution in [2.24, 2.45) is 0 Å². The summed E-state index contributed by atoms with van der Waals surface area (Å²) in [4.78, 5) is 2.49. The number of anilines is 5. The van der Waals surface area contributed by atoms with Crippen LogP contribution >= 0.6 is 0 Å². The maximum Gasteiger partial charge on any atom is 0.198 e. The van der Waals surface area contributed by atoms with E-state index in [0.29, 0.717) is 0 Å². The van der Waals surface area contributed by atoms with E-state index in [0.717, 1.165) is 106 Å². The smallest absolute Gasteiger partial charge is 0.198 e. The van der Waals surface area contributed by atoms with Crippen LogP contribution in [0.1, 0.15) is 83.2 Å². The summed E-state index contributed by atoms with van der Waals surface area (Å²) in [5, 5.41) is 7.22. The third-order valence-electron chi connectivity index (χ3n) is 15.7. The predicted octanol–water partition coefficient (Wildman–Crippen LogP) is 17.7. The van der Waals surface area contributed by atoms with E-state index in [9.17, 15) is 0 Å². The lowest BCUT2D eigenvalue weighted by atomic mass is 9.57. The lowest BCUT2D eigenvalue weighted by Crippen LogP contribution is -2.41. The molecular formula is C68H58BN2O2. The van der Waals surface area contributed by atoms with Crippen LogP contribution in [0.5, 0.6) is 0 Å². The van der Waals surface area contributed by atoms with Crippen molar-refractivity contribution in [1.82, 2.24) is 0 Å². The molecule has 9 aromatic carbocycles. The molecular weight excluding hydrogens is 888 g/mol. The Hall–Kier alpha value is -8.02. The number of aryl methyl sites for hydroxylation is 1. The normalized spacial score (nSPS) is 13.7. The van der Waals surface area contributed by atoms with E-state index in [4.69, 9.17) is 8.83 Å². The highest BCUT2D eigenvalue weighted by Crippen LogP contribution is 2.54. The molecule has 0 fully saturated rings. The summed E-state index contributed by atoms with van der Waals surface area (Å²) >= 11 is 0. The molecule has 2 aliphatic rings. The second kappa shape index (κ2) is 16.2. The number of hydrogen-bond acceptors (Lipinski definition) is 4. The fraction of sp³-hybridized carbons (Fsp3) is 0.176. The average Bonchev–Trinajstić information content (AvgIpc) is 4.03. The van der Waals surface area contributed by atoms with Crippen LogP contribution in [0.25, 0.3) is 77.6 Å². The Kier molecular flexibility index (Phi) is 9.99. The second-order valence-electron chi connectivity index (χ2n) is 22.9. The zero-order valence-electron chi connectivity index (χ0n) is 43.2. The quantitative estimate of drug-likeness (QED) is 0.169. The van der Waals surface area contributed by atoms with Crippen LogP contribution in [0.3, 0.4) is 0 Å². The van der Waals surface area contributed by atoms with Crippen molar-refractivity contribution in [3.63, 3.8) is 0 Å². The Labute approximate surface area is 429 Å². The van der Waals surface area contributed by atoms with Crippen molar-refractivity contribution in [3.8, 4) is 44.7 Å². The first-order valence-electron chi connectivity index (χ1n) is 25.7. The molecule has 13 rings (SSSR count). The number of benzene rings is 9. The van der Waals surface area contributed by atoms with Gasteiger partial charge in [0.2, 0.25) is 0 Å². The van der Waals surface area contributed by atoms with Crippen LogP contribution in [0.4, 0.5) is 28.4 Å². The largest absolute Gasteiger partial charge is 0.455 e. The van der Waals surface area contributed by atoms with Gasteiger partial charge in [-0.3, -0.25) is 0 Å². The first-order valence-corrected chi connectivity index (χ1v) is 25.7. The summed E-state index contributed by atoms with van der Waals surface area (Å²) in [7, 11) is 2.39. The molecule has 1 aliphatic carbocycles. The molecule has 0 amide bonds. The number of para-hydroxylation sites is 1. The third kappa shape index (κ3) is 7.18. The highest BCUT2D eigenvalue weighted by Gasteiger charge is 2.39. The Bertz CT molecular complexity index is 4010. The lowest BCUT2D eigenvalue weighted by molar-refractivity contribution is 0.589. The maximum atomic E-state index is 7.19. The van der Waals surface area contributed by atoms with E-state index >= 15 is 0 Å². The van der Waals surface area contributed by atoms with Crippen LogP contribution < -0.4 is 21.1 Å². The van der Waals surface area contributed by atoms with Gasteiger partial charge >= 0.3 is 0 Å². The van der Waals surface area contributed by atoms with Crippen LogP contribution in [-0.4, -0.2) is 7.28 Å². The van der Waals surface area contributed by atoms with Gasteiger partial charge in [0.15, 0.2) is 12.9 Å². The molecule has 0 saturated heterocycles. The van der Waals surface area contributed by atoms with Crippen LogP contribution in [0, 0.1) is 6.92 Å². The van der Waals surface area contributed by atoms with Crippen molar-refractivity contribution in [2.75, 3.05) is 10.2 Å². The molecule has 4 nitrogen and oxygen atoms in total. The number of furan rings is 2. The van der Waals surface area contributed by atoms with Gasteiger partial charge in [0.1, 0.15) is 16.9 Å². The summed E-state index contributed by atoms with van der Waals surface area (Å²) in [6.45, 7) is 20.7. The predicted molar refractivity (Wildman–Crippen MR) is 309 cm³/mol. The number of rotatable bonds is 6. The highest BCUT2D eigenvalue weighted by molar-refractivity contribution is 6.74. The first-order chi connectivity index (χ1) is 35.1. The van der Waals surface area contributed by atoms with E-state index in [1.165, 1.54) is 38.9 Å². The molecule has 5 heteroatoms. The van der Waals surface area contributed by atoms with Gasteiger partial charge in [0, 0.05) is 61.0 Å². The maximum absolute atomic E-state index is 7.19. The Balaban J connectivity index is 1.14. The zero-order chi connectivity index (χ0) is 50.1. The molecule has 2 aromatic heterocycles. The molecule has 1 N–H and O–H groups in total.